The second-order valence-corrected chi connectivity index (χ2v) is 8.37. The summed E-state index contributed by atoms with van der Waals surface area (Å²) in [6.07, 6.45) is 10.7. The molecule has 1 heterocycles. The first-order chi connectivity index (χ1) is 11.6. The smallest absolute Gasteiger partial charge is 0.115 e. The van der Waals surface area contributed by atoms with Crippen molar-refractivity contribution < 1.29 is 5.11 Å². The Morgan fingerprint density at radius 1 is 1.17 bits per heavy atom. The number of aromatic hydroxyl groups is 1. The topological polar surface area (TPSA) is 23.5 Å². The van der Waals surface area contributed by atoms with E-state index in [0.717, 1.165) is 6.42 Å². The highest BCUT2D eigenvalue weighted by molar-refractivity contribution is 5.44. The lowest BCUT2D eigenvalue weighted by Gasteiger charge is -2.54. The van der Waals surface area contributed by atoms with E-state index in [1.165, 1.54) is 69.2 Å². The van der Waals surface area contributed by atoms with Gasteiger partial charge in [-0.25, -0.2) is 0 Å². The van der Waals surface area contributed by atoms with Crippen LogP contribution < -0.4 is 0 Å². The molecule has 2 nitrogen and oxygen atoms in total. The molecule has 2 heteroatoms. The first-order valence-corrected chi connectivity index (χ1v) is 10.1. The van der Waals surface area contributed by atoms with Crippen molar-refractivity contribution in [1.82, 2.24) is 4.90 Å². The Labute approximate surface area is 148 Å². The predicted octanol–water partition coefficient (Wildman–Crippen LogP) is 5.28. The van der Waals surface area contributed by atoms with Crippen molar-refractivity contribution in [1.29, 1.82) is 0 Å². The average Bonchev–Trinajstić information content (AvgIpc) is 2.56. The number of benzene rings is 1. The minimum Gasteiger partial charge on any atom is -0.508 e. The standard InChI is InChI=1S/C22H35NO/c1-4-5-6-7-8-9-13-23-14-12-22(3)17(2)21(23)15-18-10-11-19(24)16-20(18)22/h10-11,16-17,21,24H,4-9,12-15H2,1-3H3/t17-,21+,22+/m1/s1. The maximum Gasteiger partial charge on any atom is 0.115 e. The minimum absolute atomic E-state index is 0.231. The van der Waals surface area contributed by atoms with Crippen molar-refractivity contribution in [3.8, 4) is 5.75 Å². The Bertz CT molecular complexity index is 555. The third-order valence-corrected chi connectivity index (χ3v) is 6.91. The maximum atomic E-state index is 9.93. The van der Waals surface area contributed by atoms with Gasteiger partial charge in [-0.1, -0.05) is 58.9 Å². The molecular formula is C22H35NO. The van der Waals surface area contributed by atoms with Gasteiger partial charge in [0.05, 0.1) is 0 Å². The Hall–Kier alpha value is -1.02. The molecule has 1 saturated heterocycles. The van der Waals surface area contributed by atoms with E-state index in [1.807, 2.05) is 12.1 Å². The Morgan fingerprint density at radius 3 is 2.71 bits per heavy atom. The summed E-state index contributed by atoms with van der Waals surface area (Å²) in [6.45, 7) is 9.63. The van der Waals surface area contributed by atoms with Crippen molar-refractivity contribution in [2.75, 3.05) is 13.1 Å². The molecule has 1 N–H and O–H groups in total. The third-order valence-electron chi connectivity index (χ3n) is 6.91. The van der Waals surface area contributed by atoms with Crippen LogP contribution in [0.1, 0.15) is 76.8 Å². The fraction of sp³-hybridized carbons (Fsp3) is 0.727. The van der Waals surface area contributed by atoms with Crippen LogP contribution in [0.4, 0.5) is 0 Å². The van der Waals surface area contributed by atoms with Gasteiger partial charge in [-0.15, -0.1) is 0 Å². The normalized spacial score (nSPS) is 29.5. The van der Waals surface area contributed by atoms with Crippen molar-refractivity contribution in [3.05, 3.63) is 29.3 Å². The molecule has 1 aliphatic heterocycles. The molecule has 24 heavy (non-hydrogen) atoms. The number of likely N-dealkylation sites (tertiary alicyclic amines) is 1. The van der Waals surface area contributed by atoms with Crippen LogP contribution in [0.3, 0.4) is 0 Å². The highest BCUT2D eigenvalue weighted by Crippen LogP contribution is 2.49. The Morgan fingerprint density at radius 2 is 1.92 bits per heavy atom. The molecule has 3 rings (SSSR count). The second-order valence-electron chi connectivity index (χ2n) is 8.37. The van der Waals surface area contributed by atoms with E-state index < -0.39 is 0 Å². The van der Waals surface area contributed by atoms with Crippen LogP contribution in [0, 0.1) is 5.92 Å². The van der Waals surface area contributed by atoms with Gasteiger partial charge in [0, 0.05) is 6.04 Å². The molecule has 0 amide bonds. The van der Waals surface area contributed by atoms with Crippen LogP contribution in [0.5, 0.6) is 5.75 Å². The quantitative estimate of drug-likeness (QED) is 0.688. The molecule has 2 bridgehead atoms. The summed E-state index contributed by atoms with van der Waals surface area (Å²) >= 11 is 0. The van der Waals surface area contributed by atoms with Crippen molar-refractivity contribution in [2.45, 2.75) is 83.6 Å². The number of unbranched alkanes of at least 4 members (excludes halogenated alkanes) is 5. The predicted molar refractivity (Wildman–Crippen MR) is 102 cm³/mol. The molecule has 0 spiro atoms. The highest BCUT2D eigenvalue weighted by Gasteiger charge is 2.48. The largest absolute Gasteiger partial charge is 0.508 e. The van der Waals surface area contributed by atoms with Crippen LogP contribution in [0.25, 0.3) is 0 Å². The first-order valence-electron chi connectivity index (χ1n) is 10.1. The van der Waals surface area contributed by atoms with Crippen molar-refractivity contribution in [3.63, 3.8) is 0 Å². The second kappa shape index (κ2) is 7.47. The van der Waals surface area contributed by atoms with Crippen LogP contribution in [0.15, 0.2) is 18.2 Å². The van der Waals surface area contributed by atoms with E-state index in [0.29, 0.717) is 17.7 Å². The molecule has 2 aliphatic rings. The van der Waals surface area contributed by atoms with Crippen molar-refractivity contribution >= 4 is 0 Å². The van der Waals surface area contributed by atoms with Gasteiger partial charge in [0.25, 0.3) is 0 Å². The van der Waals surface area contributed by atoms with E-state index in [1.54, 1.807) is 0 Å². The molecule has 0 unspecified atom stereocenters. The highest BCUT2D eigenvalue weighted by atomic mass is 16.3. The summed E-state index contributed by atoms with van der Waals surface area (Å²) < 4.78 is 0. The SMILES string of the molecule is CCCCCCCCN1CC[C@]2(C)c3cc(O)ccc3C[C@H]1[C@H]2C. The summed E-state index contributed by atoms with van der Waals surface area (Å²) in [5.41, 5.74) is 3.10. The van der Waals surface area contributed by atoms with Crippen LogP contribution in [-0.2, 0) is 11.8 Å². The van der Waals surface area contributed by atoms with E-state index in [4.69, 9.17) is 0 Å². The van der Waals surface area contributed by atoms with Gasteiger partial charge in [0.15, 0.2) is 0 Å². The molecule has 0 radical (unpaired) electrons. The summed E-state index contributed by atoms with van der Waals surface area (Å²) in [7, 11) is 0. The van der Waals surface area contributed by atoms with Gasteiger partial charge in [-0.05, 0) is 66.9 Å². The van der Waals surface area contributed by atoms with Gasteiger partial charge in [0.2, 0.25) is 0 Å². The first kappa shape index (κ1) is 17.8. The number of phenolic OH excluding ortho intramolecular Hbond substituents is 1. The fourth-order valence-electron chi connectivity index (χ4n) is 5.07. The molecule has 1 aliphatic carbocycles. The number of nitrogens with zero attached hydrogens (tertiary/aromatic N) is 1. The fourth-order valence-corrected chi connectivity index (χ4v) is 5.07. The van der Waals surface area contributed by atoms with Gasteiger partial charge in [0.1, 0.15) is 5.75 Å². The van der Waals surface area contributed by atoms with E-state index in [-0.39, 0.29) is 5.41 Å². The molecular weight excluding hydrogens is 294 g/mol. The number of piperidine rings is 1. The van der Waals surface area contributed by atoms with Crippen LogP contribution >= 0.6 is 0 Å². The molecule has 1 aromatic rings. The third kappa shape index (κ3) is 3.35. The molecule has 0 aromatic heterocycles. The number of fused-ring (bicyclic) bond motifs is 4. The summed E-state index contributed by atoms with van der Waals surface area (Å²) in [4.78, 5) is 2.77. The average molecular weight is 330 g/mol. The maximum absolute atomic E-state index is 9.93. The van der Waals surface area contributed by atoms with Gasteiger partial charge >= 0.3 is 0 Å². The molecule has 1 fully saturated rings. The molecule has 134 valence electrons. The van der Waals surface area contributed by atoms with E-state index >= 15 is 0 Å². The van der Waals surface area contributed by atoms with Gasteiger partial charge in [-0.2, -0.15) is 0 Å². The lowest BCUT2D eigenvalue weighted by atomic mass is 9.59. The van der Waals surface area contributed by atoms with E-state index in [2.05, 4.69) is 31.7 Å². The lowest BCUT2D eigenvalue weighted by molar-refractivity contribution is 0.0302. The number of hydrogen-bond acceptors (Lipinski definition) is 2. The molecule has 3 atom stereocenters. The van der Waals surface area contributed by atoms with Crippen LogP contribution in [0.2, 0.25) is 0 Å². The summed E-state index contributed by atoms with van der Waals surface area (Å²) in [6, 6.07) is 6.74. The number of hydrogen-bond donors (Lipinski definition) is 1. The van der Waals surface area contributed by atoms with E-state index in [9.17, 15) is 5.11 Å². The minimum atomic E-state index is 0.231. The summed E-state index contributed by atoms with van der Waals surface area (Å²) in [5.74, 6) is 1.09. The van der Waals surface area contributed by atoms with Gasteiger partial charge in [-0.3, -0.25) is 4.90 Å². The molecule has 0 saturated carbocycles. The number of phenols is 1. The van der Waals surface area contributed by atoms with Crippen LogP contribution in [-0.4, -0.2) is 29.1 Å². The zero-order valence-corrected chi connectivity index (χ0v) is 15.9. The van der Waals surface area contributed by atoms with Crippen molar-refractivity contribution in [2.24, 2.45) is 5.92 Å². The zero-order chi connectivity index (χ0) is 17.2. The monoisotopic (exact) mass is 329 g/mol. The Kier molecular flexibility index (Phi) is 5.54. The number of rotatable bonds is 7. The lowest BCUT2D eigenvalue weighted by Crippen LogP contribution is -2.58. The molecule has 1 aromatic carbocycles. The van der Waals surface area contributed by atoms with Gasteiger partial charge < -0.3 is 5.11 Å². The zero-order valence-electron chi connectivity index (χ0n) is 15.9. The Balaban J connectivity index is 1.64. The summed E-state index contributed by atoms with van der Waals surface area (Å²) in [5, 5.41) is 9.93.